The summed E-state index contributed by atoms with van der Waals surface area (Å²) in [6, 6.07) is 3.08. The molecule has 0 unspecified atom stereocenters. The average Bonchev–Trinajstić information content (AvgIpc) is 2.45. The van der Waals surface area contributed by atoms with Crippen LogP contribution < -0.4 is 5.32 Å². The van der Waals surface area contributed by atoms with Gasteiger partial charge in [0.05, 0.1) is 16.6 Å². The van der Waals surface area contributed by atoms with Gasteiger partial charge in [0.15, 0.2) is 0 Å². The average molecular weight is 297 g/mol. The molecular weight excluding hydrogens is 284 g/mol. The summed E-state index contributed by atoms with van der Waals surface area (Å²) < 4.78 is 0. The second-order valence-corrected chi connectivity index (χ2v) is 4.50. The van der Waals surface area contributed by atoms with Crippen molar-refractivity contribution in [1.29, 1.82) is 5.26 Å². The van der Waals surface area contributed by atoms with Crippen molar-refractivity contribution in [2.24, 2.45) is 0 Å². The summed E-state index contributed by atoms with van der Waals surface area (Å²) in [5.74, 6) is -0.656. The number of carbonyl (C=O) groups excluding carboxylic acids is 1. The standard InChI is InChI=1S/C12H13ClN4O3/c1-3-12(4-2,7-14)16-11(18)9-5-8(17(19)20)6-15-10(9)13/h5-6H,3-4H2,1-2H3,(H,16,18). The van der Waals surface area contributed by atoms with Crippen LogP contribution >= 0.6 is 11.6 Å². The Labute approximate surface area is 120 Å². The molecule has 1 aromatic heterocycles. The van der Waals surface area contributed by atoms with Crippen molar-refractivity contribution < 1.29 is 9.72 Å². The summed E-state index contributed by atoms with van der Waals surface area (Å²) in [6.45, 7) is 3.53. The van der Waals surface area contributed by atoms with Crippen molar-refractivity contribution in [2.45, 2.75) is 32.2 Å². The molecule has 0 aromatic carbocycles. The van der Waals surface area contributed by atoms with Crippen LogP contribution in [0.4, 0.5) is 5.69 Å². The van der Waals surface area contributed by atoms with E-state index in [0.29, 0.717) is 12.8 Å². The molecule has 0 saturated heterocycles. The monoisotopic (exact) mass is 296 g/mol. The van der Waals surface area contributed by atoms with Gasteiger partial charge in [0, 0.05) is 6.07 Å². The molecule has 1 amide bonds. The highest BCUT2D eigenvalue weighted by atomic mass is 35.5. The third-order valence-corrected chi connectivity index (χ3v) is 3.36. The van der Waals surface area contributed by atoms with Crippen LogP contribution in [-0.4, -0.2) is 21.4 Å². The Morgan fingerprint density at radius 3 is 2.65 bits per heavy atom. The summed E-state index contributed by atoms with van der Waals surface area (Å²) in [4.78, 5) is 25.7. The molecule has 0 aliphatic carbocycles. The lowest BCUT2D eigenvalue weighted by molar-refractivity contribution is -0.385. The van der Waals surface area contributed by atoms with Gasteiger partial charge in [-0.2, -0.15) is 5.26 Å². The Hall–Kier alpha value is -2.20. The Bertz CT molecular complexity index is 579. The van der Waals surface area contributed by atoms with Crippen molar-refractivity contribution in [3.63, 3.8) is 0 Å². The number of pyridine rings is 1. The van der Waals surface area contributed by atoms with E-state index in [0.717, 1.165) is 12.3 Å². The number of amides is 1. The van der Waals surface area contributed by atoms with E-state index in [4.69, 9.17) is 16.9 Å². The van der Waals surface area contributed by atoms with Gasteiger partial charge in [0.1, 0.15) is 16.9 Å². The smallest absolute Gasteiger partial charge is 0.288 e. The van der Waals surface area contributed by atoms with Gasteiger partial charge < -0.3 is 5.32 Å². The number of nitriles is 1. The van der Waals surface area contributed by atoms with Crippen molar-refractivity contribution in [1.82, 2.24) is 10.3 Å². The number of hydrogen-bond donors (Lipinski definition) is 1. The van der Waals surface area contributed by atoms with Crippen LogP contribution in [-0.2, 0) is 0 Å². The molecule has 1 N–H and O–H groups in total. The molecule has 0 aliphatic heterocycles. The Morgan fingerprint density at radius 2 is 2.20 bits per heavy atom. The summed E-state index contributed by atoms with van der Waals surface area (Å²) in [5.41, 5.74) is -1.48. The lowest BCUT2D eigenvalue weighted by Gasteiger charge is -2.24. The Morgan fingerprint density at radius 1 is 1.60 bits per heavy atom. The molecule has 1 rings (SSSR count). The minimum Gasteiger partial charge on any atom is -0.334 e. The molecule has 106 valence electrons. The normalized spacial score (nSPS) is 10.7. The van der Waals surface area contributed by atoms with E-state index in [9.17, 15) is 14.9 Å². The third kappa shape index (κ3) is 3.22. The maximum absolute atomic E-state index is 12.1. The number of halogens is 1. The van der Waals surface area contributed by atoms with E-state index in [-0.39, 0.29) is 16.4 Å². The van der Waals surface area contributed by atoms with Gasteiger partial charge >= 0.3 is 0 Å². The topological polar surface area (TPSA) is 109 Å². The van der Waals surface area contributed by atoms with Crippen molar-refractivity contribution in [2.75, 3.05) is 0 Å². The SMILES string of the molecule is CCC(C#N)(CC)NC(=O)c1cc([N+](=O)[O-])cnc1Cl. The van der Waals surface area contributed by atoms with E-state index >= 15 is 0 Å². The fourth-order valence-electron chi connectivity index (χ4n) is 1.59. The van der Waals surface area contributed by atoms with Gasteiger partial charge in [-0.25, -0.2) is 4.98 Å². The van der Waals surface area contributed by atoms with E-state index < -0.39 is 16.4 Å². The van der Waals surface area contributed by atoms with E-state index in [1.165, 1.54) is 0 Å². The Balaban J connectivity index is 3.13. The number of aromatic nitrogens is 1. The fourth-order valence-corrected chi connectivity index (χ4v) is 1.78. The van der Waals surface area contributed by atoms with E-state index in [1.54, 1.807) is 13.8 Å². The Kier molecular flexibility index (Phi) is 5.00. The molecule has 20 heavy (non-hydrogen) atoms. The van der Waals surface area contributed by atoms with Gasteiger partial charge in [-0.1, -0.05) is 25.4 Å². The maximum Gasteiger partial charge on any atom is 0.288 e. The molecule has 1 aromatic rings. The number of nitrogens with one attached hydrogen (secondary N) is 1. The maximum atomic E-state index is 12.1. The van der Waals surface area contributed by atoms with Crippen LogP contribution in [0.25, 0.3) is 0 Å². The van der Waals surface area contributed by atoms with Gasteiger partial charge in [0.2, 0.25) is 0 Å². The molecule has 0 aliphatic rings. The molecular formula is C12H13ClN4O3. The zero-order valence-electron chi connectivity index (χ0n) is 11.0. The van der Waals surface area contributed by atoms with Crippen LogP contribution in [0.15, 0.2) is 12.3 Å². The summed E-state index contributed by atoms with van der Waals surface area (Å²) in [6.07, 6.45) is 1.79. The van der Waals surface area contributed by atoms with Gasteiger partial charge in [-0.05, 0) is 12.8 Å². The molecule has 7 nitrogen and oxygen atoms in total. The van der Waals surface area contributed by atoms with E-state index in [1.807, 2.05) is 6.07 Å². The quantitative estimate of drug-likeness (QED) is 0.510. The summed E-state index contributed by atoms with van der Waals surface area (Å²) in [7, 11) is 0. The zero-order valence-corrected chi connectivity index (χ0v) is 11.8. The molecule has 0 bridgehead atoms. The van der Waals surface area contributed by atoms with Crippen molar-refractivity contribution in [3.8, 4) is 6.07 Å². The van der Waals surface area contributed by atoms with Crippen LogP contribution in [0.3, 0.4) is 0 Å². The first-order valence-electron chi connectivity index (χ1n) is 5.92. The van der Waals surface area contributed by atoms with Crippen molar-refractivity contribution in [3.05, 3.63) is 33.1 Å². The molecule has 0 saturated carbocycles. The molecule has 0 atom stereocenters. The molecule has 0 radical (unpaired) electrons. The molecule has 1 heterocycles. The molecule has 0 spiro atoms. The van der Waals surface area contributed by atoms with Crippen LogP contribution in [0.5, 0.6) is 0 Å². The predicted octanol–water partition coefficient (Wildman–Crippen LogP) is 2.46. The van der Waals surface area contributed by atoms with Crippen LogP contribution in [0.1, 0.15) is 37.0 Å². The lowest BCUT2D eigenvalue weighted by Crippen LogP contribution is -2.46. The van der Waals surface area contributed by atoms with Crippen LogP contribution in [0, 0.1) is 21.4 Å². The van der Waals surface area contributed by atoms with Gasteiger partial charge in [-0.3, -0.25) is 14.9 Å². The highest BCUT2D eigenvalue weighted by Crippen LogP contribution is 2.21. The summed E-state index contributed by atoms with van der Waals surface area (Å²) in [5, 5.41) is 22.3. The third-order valence-electron chi connectivity index (χ3n) is 3.05. The first-order valence-corrected chi connectivity index (χ1v) is 6.30. The highest BCUT2D eigenvalue weighted by Gasteiger charge is 2.29. The second kappa shape index (κ2) is 6.30. The molecule has 0 fully saturated rings. The minimum atomic E-state index is -1.02. The van der Waals surface area contributed by atoms with Gasteiger partial charge in [0.25, 0.3) is 11.6 Å². The van der Waals surface area contributed by atoms with Gasteiger partial charge in [-0.15, -0.1) is 0 Å². The van der Waals surface area contributed by atoms with E-state index in [2.05, 4.69) is 10.3 Å². The molecule has 8 heteroatoms. The predicted molar refractivity (Wildman–Crippen MR) is 72.3 cm³/mol. The number of nitro groups is 1. The lowest BCUT2D eigenvalue weighted by atomic mass is 9.94. The first-order chi connectivity index (χ1) is 9.39. The largest absolute Gasteiger partial charge is 0.334 e. The number of carbonyl (C=O) groups is 1. The highest BCUT2D eigenvalue weighted by molar-refractivity contribution is 6.32. The number of nitrogens with zero attached hydrogens (tertiary/aromatic N) is 3. The summed E-state index contributed by atoms with van der Waals surface area (Å²) >= 11 is 5.78. The minimum absolute atomic E-state index is 0.123. The second-order valence-electron chi connectivity index (χ2n) is 4.14. The fraction of sp³-hybridized carbons (Fsp3) is 0.417. The van der Waals surface area contributed by atoms with Crippen molar-refractivity contribution >= 4 is 23.2 Å². The first kappa shape index (κ1) is 15.9. The number of rotatable bonds is 5. The number of hydrogen-bond acceptors (Lipinski definition) is 5. The zero-order chi connectivity index (χ0) is 15.3. The van der Waals surface area contributed by atoms with Crippen LogP contribution in [0.2, 0.25) is 5.15 Å².